The Morgan fingerprint density at radius 3 is 2.17 bits per heavy atom. The van der Waals surface area contributed by atoms with E-state index in [0.29, 0.717) is 11.3 Å². The van der Waals surface area contributed by atoms with E-state index in [-0.39, 0.29) is 22.4 Å². The van der Waals surface area contributed by atoms with Gasteiger partial charge in [-0.15, -0.1) is 0 Å². The fourth-order valence-electron chi connectivity index (χ4n) is 2.50. The minimum atomic E-state index is -1.50. The van der Waals surface area contributed by atoms with Gasteiger partial charge < -0.3 is 5.32 Å². The number of anilines is 1. The Bertz CT molecular complexity index is 807. The van der Waals surface area contributed by atoms with Gasteiger partial charge in [0.05, 0.1) is 0 Å². The maximum absolute atomic E-state index is 14.0. The average molecular weight is 335 g/mol. The van der Waals surface area contributed by atoms with Crippen molar-refractivity contribution in [2.45, 2.75) is 40.0 Å². The third-order valence-electron chi connectivity index (χ3n) is 3.89. The first kappa shape index (κ1) is 18.0. The topological polar surface area (TPSA) is 29.1 Å². The van der Waals surface area contributed by atoms with Crippen molar-refractivity contribution >= 4 is 11.6 Å². The lowest BCUT2D eigenvalue weighted by molar-refractivity contribution is -0.114. The quantitative estimate of drug-likeness (QED) is 0.738. The van der Waals surface area contributed by atoms with Crippen LogP contribution in [0.5, 0.6) is 0 Å². The molecule has 0 bridgehead atoms. The first-order chi connectivity index (χ1) is 11.0. The van der Waals surface area contributed by atoms with Crippen molar-refractivity contribution in [1.29, 1.82) is 0 Å². The Hall–Kier alpha value is -2.30. The van der Waals surface area contributed by atoms with Crippen molar-refractivity contribution in [2.24, 2.45) is 0 Å². The molecule has 0 fully saturated rings. The minimum Gasteiger partial charge on any atom is -0.326 e. The molecule has 0 saturated heterocycles. The van der Waals surface area contributed by atoms with Crippen molar-refractivity contribution in [3.8, 4) is 11.1 Å². The van der Waals surface area contributed by atoms with Gasteiger partial charge in [-0.2, -0.15) is 0 Å². The van der Waals surface area contributed by atoms with Gasteiger partial charge in [0.15, 0.2) is 17.5 Å². The van der Waals surface area contributed by atoms with E-state index in [4.69, 9.17) is 0 Å². The van der Waals surface area contributed by atoms with Gasteiger partial charge in [-0.05, 0) is 47.2 Å². The molecule has 0 aromatic heterocycles. The molecule has 5 heteroatoms. The van der Waals surface area contributed by atoms with E-state index in [0.717, 1.165) is 11.6 Å². The van der Waals surface area contributed by atoms with Gasteiger partial charge in [-0.1, -0.05) is 26.8 Å². The molecule has 0 aliphatic rings. The van der Waals surface area contributed by atoms with E-state index < -0.39 is 17.5 Å². The number of hydrogen-bond donors (Lipinski definition) is 1. The molecule has 0 atom stereocenters. The van der Waals surface area contributed by atoms with Crippen LogP contribution in [0.3, 0.4) is 0 Å². The van der Waals surface area contributed by atoms with Gasteiger partial charge in [0.25, 0.3) is 0 Å². The summed E-state index contributed by atoms with van der Waals surface area (Å²) in [6.45, 7) is 8.74. The summed E-state index contributed by atoms with van der Waals surface area (Å²) in [6, 6.07) is 6.27. The van der Waals surface area contributed by atoms with Crippen LogP contribution in [0.25, 0.3) is 11.1 Å². The van der Waals surface area contributed by atoms with Crippen LogP contribution in [0.2, 0.25) is 0 Å². The fraction of sp³-hybridized carbons (Fsp3) is 0.316. The smallest absolute Gasteiger partial charge is 0.221 e. The molecular formula is C19H20F3NO. The van der Waals surface area contributed by atoms with Crippen LogP contribution in [0.4, 0.5) is 18.9 Å². The minimum absolute atomic E-state index is 0.00781. The second-order valence-corrected chi connectivity index (χ2v) is 6.85. The Balaban J connectivity index is 2.78. The molecule has 24 heavy (non-hydrogen) atoms. The highest BCUT2D eigenvalue weighted by Crippen LogP contribution is 2.36. The number of halogens is 3. The number of carbonyl (C=O) groups excluding carboxylic acids is 1. The molecule has 2 aromatic rings. The van der Waals surface area contributed by atoms with Gasteiger partial charge in [0.2, 0.25) is 5.91 Å². The highest BCUT2D eigenvalue weighted by molar-refractivity contribution is 5.94. The van der Waals surface area contributed by atoms with Crippen LogP contribution in [0, 0.1) is 24.4 Å². The highest BCUT2D eigenvalue weighted by Gasteiger charge is 2.21. The lowest BCUT2D eigenvalue weighted by Crippen LogP contribution is -2.13. The second-order valence-electron chi connectivity index (χ2n) is 6.85. The summed E-state index contributed by atoms with van der Waals surface area (Å²) in [5.41, 5.74) is 1.80. The van der Waals surface area contributed by atoms with Crippen LogP contribution in [-0.4, -0.2) is 5.91 Å². The number of nitrogens with one attached hydrogen (secondary N) is 1. The molecule has 0 unspecified atom stereocenters. The molecule has 0 aliphatic carbocycles. The van der Waals surface area contributed by atoms with Crippen molar-refractivity contribution < 1.29 is 18.0 Å². The lowest BCUT2D eigenvalue weighted by atomic mass is 9.84. The summed E-state index contributed by atoms with van der Waals surface area (Å²) < 4.78 is 41.1. The van der Waals surface area contributed by atoms with Gasteiger partial charge in [-0.3, -0.25) is 4.79 Å². The lowest BCUT2D eigenvalue weighted by Gasteiger charge is -2.22. The number of benzene rings is 2. The molecule has 0 spiro atoms. The summed E-state index contributed by atoms with van der Waals surface area (Å²) in [5.74, 6) is -4.28. The van der Waals surface area contributed by atoms with Crippen LogP contribution in [0.1, 0.15) is 38.8 Å². The van der Waals surface area contributed by atoms with E-state index in [1.165, 1.54) is 13.8 Å². The van der Waals surface area contributed by atoms with Gasteiger partial charge in [0, 0.05) is 18.2 Å². The first-order valence-electron chi connectivity index (χ1n) is 7.59. The number of amides is 1. The summed E-state index contributed by atoms with van der Waals surface area (Å²) in [5, 5.41) is 2.65. The Morgan fingerprint density at radius 1 is 1.00 bits per heavy atom. The Labute approximate surface area is 139 Å². The summed E-state index contributed by atoms with van der Waals surface area (Å²) in [6.07, 6.45) is 0. The van der Waals surface area contributed by atoms with Crippen LogP contribution in [-0.2, 0) is 10.2 Å². The maximum Gasteiger partial charge on any atom is 0.221 e. The number of rotatable bonds is 2. The highest BCUT2D eigenvalue weighted by atomic mass is 19.2. The third-order valence-corrected chi connectivity index (χ3v) is 3.89. The molecule has 0 aliphatic heterocycles. The molecule has 0 saturated carbocycles. The van der Waals surface area contributed by atoms with Crippen molar-refractivity contribution in [1.82, 2.24) is 0 Å². The fourth-order valence-corrected chi connectivity index (χ4v) is 2.50. The van der Waals surface area contributed by atoms with Gasteiger partial charge in [-0.25, -0.2) is 13.2 Å². The van der Waals surface area contributed by atoms with Crippen molar-refractivity contribution in [3.05, 3.63) is 52.8 Å². The second kappa shape index (κ2) is 6.30. The van der Waals surface area contributed by atoms with E-state index in [1.807, 2.05) is 26.8 Å². The van der Waals surface area contributed by atoms with Crippen molar-refractivity contribution in [3.63, 3.8) is 0 Å². The Kier molecular flexibility index (Phi) is 4.74. The maximum atomic E-state index is 14.0. The average Bonchev–Trinajstić information content (AvgIpc) is 2.48. The Morgan fingerprint density at radius 2 is 1.62 bits per heavy atom. The summed E-state index contributed by atoms with van der Waals surface area (Å²) in [4.78, 5) is 11.4. The summed E-state index contributed by atoms with van der Waals surface area (Å²) in [7, 11) is 0. The zero-order valence-corrected chi connectivity index (χ0v) is 14.4. The molecule has 2 aromatic carbocycles. The first-order valence-corrected chi connectivity index (χ1v) is 7.59. The standard InChI is InChI=1S/C19H20F3NO/c1-10-13(9-15(20)18(22)17(10)21)14-8-12(19(3,4)5)6-7-16(14)23-11(2)24/h6-9H,1-5H3,(H,23,24). The number of carbonyl (C=O) groups is 1. The molecule has 2 rings (SSSR count). The van der Waals surface area contributed by atoms with Crippen LogP contribution in [0.15, 0.2) is 24.3 Å². The zero-order chi connectivity index (χ0) is 18.2. The van der Waals surface area contributed by atoms with Crippen LogP contribution < -0.4 is 5.32 Å². The normalized spacial score (nSPS) is 11.5. The molecule has 2 nitrogen and oxygen atoms in total. The van der Waals surface area contributed by atoms with E-state index >= 15 is 0 Å². The van der Waals surface area contributed by atoms with E-state index in [9.17, 15) is 18.0 Å². The molecule has 1 N–H and O–H groups in total. The van der Waals surface area contributed by atoms with E-state index in [1.54, 1.807) is 12.1 Å². The molecule has 1 amide bonds. The summed E-state index contributed by atoms with van der Waals surface area (Å²) >= 11 is 0. The van der Waals surface area contributed by atoms with Gasteiger partial charge in [0.1, 0.15) is 0 Å². The number of hydrogen-bond acceptors (Lipinski definition) is 1. The predicted octanol–water partition coefficient (Wildman–Crippen LogP) is 5.34. The molecule has 0 heterocycles. The zero-order valence-electron chi connectivity index (χ0n) is 14.4. The molecule has 0 radical (unpaired) electrons. The largest absolute Gasteiger partial charge is 0.326 e. The predicted molar refractivity (Wildman–Crippen MR) is 89.5 cm³/mol. The molecular weight excluding hydrogens is 315 g/mol. The SMILES string of the molecule is CC(=O)Nc1ccc(C(C)(C)C)cc1-c1cc(F)c(F)c(F)c1C. The van der Waals surface area contributed by atoms with Crippen molar-refractivity contribution in [2.75, 3.05) is 5.32 Å². The molecule has 128 valence electrons. The van der Waals surface area contributed by atoms with E-state index in [2.05, 4.69) is 5.32 Å². The monoisotopic (exact) mass is 335 g/mol. The van der Waals surface area contributed by atoms with Gasteiger partial charge >= 0.3 is 0 Å². The van der Waals surface area contributed by atoms with Crippen LogP contribution >= 0.6 is 0 Å². The third kappa shape index (κ3) is 3.45.